The molecule has 0 spiro atoms. The number of hydrogen-bond donors (Lipinski definition) is 1. The van der Waals surface area contributed by atoms with Gasteiger partial charge in [0.15, 0.2) is 0 Å². The van der Waals surface area contributed by atoms with Crippen molar-refractivity contribution in [3.8, 4) is 0 Å². The highest BCUT2D eigenvalue weighted by molar-refractivity contribution is 5.94. The Labute approximate surface area is 214 Å². The number of para-hydroxylation sites is 1. The van der Waals surface area contributed by atoms with Crippen molar-refractivity contribution in [1.82, 2.24) is 14.4 Å². The summed E-state index contributed by atoms with van der Waals surface area (Å²) < 4.78 is 7.48. The van der Waals surface area contributed by atoms with Gasteiger partial charge in [0.25, 0.3) is 0 Å². The number of furan rings is 1. The first kappa shape index (κ1) is 26.9. The Kier molecular flexibility index (Phi) is 9.17. The van der Waals surface area contributed by atoms with E-state index < -0.39 is 0 Å². The maximum Gasteiger partial charge on any atom is 0.322 e. The van der Waals surface area contributed by atoms with Crippen LogP contribution in [-0.4, -0.2) is 39.4 Å². The first-order chi connectivity index (χ1) is 17.2. The number of carbonyl (C=O) groups is 2. The number of nitrogens with one attached hydrogen (secondary N) is 1. The Morgan fingerprint density at radius 1 is 1.00 bits per heavy atom. The van der Waals surface area contributed by atoms with Gasteiger partial charge in [-0.15, -0.1) is 6.58 Å². The minimum atomic E-state index is -0.324. The summed E-state index contributed by atoms with van der Waals surface area (Å²) in [6, 6.07) is 13.4. The summed E-state index contributed by atoms with van der Waals surface area (Å²) in [7, 11) is 1.95. The summed E-state index contributed by atoms with van der Waals surface area (Å²) in [6.45, 7) is 13.1. The smallest absolute Gasteiger partial charge is 0.322 e. The molecule has 0 aliphatic heterocycles. The highest BCUT2D eigenvalue weighted by Gasteiger charge is 2.24. The van der Waals surface area contributed by atoms with E-state index in [4.69, 9.17) is 4.42 Å². The van der Waals surface area contributed by atoms with Crippen LogP contribution in [0.2, 0.25) is 0 Å². The Morgan fingerprint density at radius 3 is 2.22 bits per heavy atom. The number of rotatable bonds is 11. The predicted octanol–water partition coefficient (Wildman–Crippen LogP) is 6.11. The third-order valence-electron chi connectivity index (χ3n) is 6.25. The van der Waals surface area contributed by atoms with Crippen LogP contribution >= 0.6 is 0 Å². The summed E-state index contributed by atoms with van der Waals surface area (Å²) in [4.78, 5) is 30.2. The van der Waals surface area contributed by atoms with Crippen LogP contribution in [-0.2, 0) is 24.9 Å². The second-order valence-electron chi connectivity index (χ2n) is 9.66. The number of anilines is 1. The number of aryl methyl sites for hydroxylation is 1. The average molecular weight is 491 g/mol. The quantitative estimate of drug-likeness (QED) is 0.330. The second kappa shape index (κ2) is 12.3. The van der Waals surface area contributed by atoms with Gasteiger partial charge in [-0.2, -0.15) is 0 Å². The molecule has 192 valence electrons. The number of aromatic nitrogens is 1. The Morgan fingerprint density at radius 2 is 1.69 bits per heavy atom. The summed E-state index contributed by atoms with van der Waals surface area (Å²) >= 11 is 0. The van der Waals surface area contributed by atoms with Crippen LogP contribution in [0.1, 0.15) is 62.1 Å². The zero-order chi connectivity index (χ0) is 26.2. The van der Waals surface area contributed by atoms with Crippen LogP contribution in [0.15, 0.2) is 72.0 Å². The third kappa shape index (κ3) is 6.68. The fourth-order valence-corrected chi connectivity index (χ4v) is 4.20. The van der Waals surface area contributed by atoms with E-state index in [1.54, 1.807) is 23.3 Å². The summed E-state index contributed by atoms with van der Waals surface area (Å²) in [6.07, 6.45) is 5.18. The monoisotopic (exact) mass is 490 g/mol. The molecular formula is C29H38N4O3. The van der Waals surface area contributed by atoms with Gasteiger partial charge in [-0.3, -0.25) is 4.79 Å². The molecule has 0 unspecified atom stereocenters. The molecule has 1 N–H and O–H groups in total. The minimum Gasteiger partial charge on any atom is -0.467 e. The molecule has 0 radical (unpaired) electrons. The highest BCUT2D eigenvalue weighted by Crippen LogP contribution is 2.32. The van der Waals surface area contributed by atoms with Crippen LogP contribution in [0.5, 0.6) is 0 Å². The predicted molar refractivity (Wildman–Crippen MR) is 144 cm³/mol. The van der Waals surface area contributed by atoms with Gasteiger partial charge in [-0.1, -0.05) is 52.0 Å². The molecule has 7 nitrogen and oxygen atoms in total. The number of benzene rings is 1. The zero-order valence-electron chi connectivity index (χ0n) is 22.0. The van der Waals surface area contributed by atoms with Crippen molar-refractivity contribution in [2.45, 2.75) is 52.6 Å². The normalized spacial score (nSPS) is 11.1. The van der Waals surface area contributed by atoms with E-state index in [2.05, 4.69) is 39.6 Å². The Bertz CT molecular complexity index is 1130. The minimum absolute atomic E-state index is 0.0795. The fourth-order valence-electron chi connectivity index (χ4n) is 4.20. The molecule has 36 heavy (non-hydrogen) atoms. The number of nitrogens with zero attached hydrogens (tertiary/aromatic N) is 3. The standard InChI is InChI=1S/C29H38N4O3/c1-7-15-32(29(35)30-28-25(21(2)3)13-8-14-26(28)22(4)5)20-27(34)33(19-24-12-10-17-36-24)18-23-11-9-16-31(23)6/h7-14,16-17,21-22H,1,15,18-20H2,2-6H3,(H,30,35). The van der Waals surface area contributed by atoms with Crippen molar-refractivity contribution < 1.29 is 14.0 Å². The summed E-state index contributed by atoms with van der Waals surface area (Å²) in [5.41, 5.74) is 3.96. The molecule has 3 aromatic rings. The topological polar surface area (TPSA) is 70.7 Å². The molecule has 0 saturated heterocycles. The highest BCUT2D eigenvalue weighted by atomic mass is 16.3. The molecule has 2 heterocycles. The van der Waals surface area contributed by atoms with Gasteiger partial charge >= 0.3 is 6.03 Å². The van der Waals surface area contributed by atoms with E-state index in [1.807, 2.05) is 54.2 Å². The van der Waals surface area contributed by atoms with E-state index in [-0.39, 0.29) is 36.9 Å². The van der Waals surface area contributed by atoms with Crippen molar-refractivity contribution in [3.05, 3.63) is 90.2 Å². The van der Waals surface area contributed by atoms with Crippen molar-refractivity contribution in [1.29, 1.82) is 0 Å². The molecular weight excluding hydrogens is 452 g/mol. The fraction of sp³-hybridized carbons (Fsp3) is 0.379. The first-order valence-corrected chi connectivity index (χ1v) is 12.4. The molecule has 0 aliphatic carbocycles. The largest absolute Gasteiger partial charge is 0.467 e. The van der Waals surface area contributed by atoms with E-state index in [1.165, 1.54) is 4.90 Å². The van der Waals surface area contributed by atoms with Crippen LogP contribution in [0, 0.1) is 0 Å². The molecule has 0 bridgehead atoms. The first-order valence-electron chi connectivity index (χ1n) is 12.4. The molecule has 0 saturated carbocycles. The van der Waals surface area contributed by atoms with Crippen LogP contribution in [0.25, 0.3) is 0 Å². The lowest BCUT2D eigenvalue weighted by molar-refractivity contribution is -0.133. The van der Waals surface area contributed by atoms with E-state index in [0.29, 0.717) is 18.8 Å². The summed E-state index contributed by atoms with van der Waals surface area (Å²) in [5.74, 6) is 0.987. The number of hydrogen-bond acceptors (Lipinski definition) is 3. The number of urea groups is 1. The molecule has 2 aromatic heterocycles. The molecule has 1 aromatic carbocycles. The van der Waals surface area contributed by atoms with Gasteiger partial charge in [-0.05, 0) is 47.2 Å². The lowest BCUT2D eigenvalue weighted by atomic mass is 9.93. The molecule has 7 heteroatoms. The lowest BCUT2D eigenvalue weighted by Crippen LogP contribution is -2.44. The van der Waals surface area contributed by atoms with Crippen molar-refractivity contribution >= 4 is 17.6 Å². The lowest BCUT2D eigenvalue weighted by Gasteiger charge is -2.28. The molecule has 0 fully saturated rings. The molecule has 3 amide bonds. The van der Waals surface area contributed by atoms with Gasteiger partial charge in [0, 0.05) is 31.2 Å². The maximum atomic E-state index is 13.5. The van der Waals surface area contributed by atoms with Crippen LogP contribution in [0.3, 0.4) is 0 Å². The van der Waals surface area contributed by atoms with E-state index >= 15 is 0 Å². The third-order valence-corrected chi connectivity index (χ3v) is 6.25. The molecule has 3 rings (SSSR count). The van der Waals surface area contributed by atoms with Gasteiger partial charge in [-0.25, -0.2) is 4.79 Å². The van der Waals surface area contributed by atoms with Crippen molar-refractivity contribution in [3.63, 3.8) is 0 Å². The average Bonchev–Trinajstić information content (AvgIpc) is 3.49. The number of amides is 3. The van der Waals surface area contributed by atoms with Crippen LogP contribution < -0.4 is 5.32 Å². The van der Waals surface area contributed by atoms with Gasteiger partial charge in [0.1, 0.15) is 12.3 Å². The van der Waals surface area contributed by atoms with Gasteiger partial charge in [0.05, 0.1) is 19.4 Å². The Balaban J connectivity index is 1.83. The van der Waals surface area contributed by atoms with E-state index in [9.17, 15) is 9.59 Å². The van der Waals surface area contributed by atoms with Crippen molar-refractivity contribution in [2.75, 3.05) is 18.4 Å². The Hall–Kier alpha value is -3.74. The van der Waals surface area contributed by atoms with E-state index in [0.717, 1.165) is 22.5 Å². The SMILES string of the molecule is C=CCN(CC(=O)N(Cc1ccco1)Cc1cccn1C)C(=O)Nc1c(C(C)C)cccc1C(C)C. The second-order valence-corrected chi connectivity index (χ2v) is 9.66. The summed E-state index contributed by atoms with van der Waals surface area (Å²) in [5, 5.41) is 3.12. The molecule has 0 aliphatic rings. The maximum absolute atomic E-state index is 13.5. The zero-order valence-corrected chi connectivity index (χ0v) is 22.0. The van der Waals surface area contributed by atoms with Gasteiger partial charge < -0.3 is 24.1 Å². The van der Waals surface area contributed by atoms with Gasteiger partial charge in [0.2, 0.25) is 5.91 Å². The molecule has 0 atom stereocenters. The van der Waals surface area contributed by atoms with Crippen molar-refractivity contribution in [2.24, 2.45) is 7.05 Å². The number of carbonyl (C=O) groups excluding carboxylic acids is 2. The van der Waals surface area contributed by atoms with Crippen LogP contribution in [0.4, 0.5) is 10.5 Å².